The minimum atomic E-state index is -0.905. The maximum Gasteiger partial charge on any atom is 0.307 e. The van der Waals surface area contributed by atoms with E-state index in [1.54, 1.807) is 24.3 Å². The van der Waals surface area contributed by atoms with E-state index in [0.29, 0.717) is 10.5 Å². The number of aliphatic carboxylic acids is 1. The van der Waals surface area contributed by atoms with E-state index in [-0.39, 0.29) is 12.1 Å². The zero-order valence-corrected chi connectivity index (χ0v) is 11.2. The molecule has 20 heavy (non-hydrogen) atoms. The third-order valence-electron chi connectivity index (χ3n) is 2.57. The van der Waals surface area contributed by atoms with Crippen molar-refractivity contribution in [2.45, 2.75) is 16.2 Å². The number of hydrogen-bond acceptors (Lipinski definition) is 4. The van der Waals surface area contributed by atoms with Gasteiger partial charge in [0.2, 0.25) is 0 Å². The van der Waals surface area contributed by atoms with E-state index in [0.717, 1.165) is 4.90 Å². The summed E-state index contributed by atoms with van der Waals surface area (Å²) < 4.78 is 0. The molecule has 0 radical (unpaired) electrons. The number of nitrogens with zero attached hydrogens (tertiary/aromatic N) is 1. The van der Waals surface area contributed by atoms with E-state index in [2.05, 4.69) is 0 Å². The molecule has 0 saturated carbocycles. The molecule has 0 heterocycles. The zero-order valence-electron chi connectivity index (χ0n) is 10.4. The first-order chi connectivity index (χ1) is 9.56. The summed E-state index contributed by atoms with van der Waals surface area (Å²) in [5.74, 6) is -0.905. The number of carboxylic acids is 1. The van der Waals surface area contributed by atoms with Gasteiger partial charge in [-0.05, 0) is 17.7 Å². The molecule has 0 aliphatic heterocycles. The van der Waals surface area contributed by atoms with Gasteiger partial charge in [0.25, 0.3) is 5.69 Å². The first-order valence-electron chi connectivity index (χ1n) is 5.78. The van der Waals surface area contributed by atoms with Gasteiger partial charge in [0.15, 0.2) is 0 Å². The van der Waals surface area contributed by atoms with Crippen LogP contribution in [0.5, 0.6) is 0 Å². The third-order valence-corrected chi connectivity index (χ3v) is 3.68. The molecule has 102 valence electrons. The predicted octanol–water partition coefficient (Wildman–Crippen LogP) is 3.37. The van der Waals surface area contributed by atoms with Crippen molar-refractivity contribution >= 4 is 23.4 Å². The summed E-state index contributed by atoms with van der Waals surface area (Å²) in [7, 11) is 0. The van der Waals surface area contributed by atoms with Crippen molar-refractivity contribution in [2.75, 3.05) is 0 Å². The van der Waals surface area contributed by atoms with Gasteiger partial charge in [0, 0.05) is 21.9 Å². The topological polar surface area (TPSA) is 80.4 Å². The lowest BCUT2D eigenvalue weighted by Gasteiger charge is -2.07. The smallest absolute Gasteiger partial charge is 0.307 e. The van der Waals surface area contributed by atoms with Crippen LogP contribution < -0.4 is 0 Å². The van der Waals surface area contributed by atoms with Crippen LogP contribution in [0.2, 0.25) is 0 Å². The van der Waals surface area contributed by atoms with E-state index in [1.807, 2.05) is 12.1 Å². The molecule has 0 aliphatic carbocycles. The number of benzene rings is 2. The highest BCUT2D eigenvalue weighted by Gasteiger charge is 2.10. The Kier molecular flexibility index (Phi) is 4.37. The van der Waals surface area contributed by atoms with Crippen molar-refractivity contribution in [3.63, 3.8) is 0 Å². The molecule has 0 aliphatic rings. The second kappa shape index (κ2) is 6.21. The van der Waals surface area contributed by atoms with Crippen LogP contribution in [-0.2, 0) is 11.2 Å². The second-order valence-electron chi connectivity index (χ2n) is 4.03. The number of hydrogen-bond donors (Lipinski definition) is 1. The summed E-state index contributed by atoms with van der Waals surface area (Å²) in [5, 5.41) is 19.6. The number of nitro benzene ring substituents is 1. The Morgan fingerprint density at radius 3 is 2.65 bits per heavy atom. The van der Waals surface area contributed by atoms with Crippen LogP contribution in [0.3, 0.4) is 0 Å². The van der Waals surface area contributed by atoms with Gasteiger partial charge >= 0.3 is 5.97 Å². The fourth-order valence-corrected chi connectivity index (χ4v) is 2.70. The molecule has 2 aromatic carbocycles. The Balaban J connectivity index is 2.28. The Morgan fingerprint density at radius 2 is 1.95 bits per heavy atom. The lowest BCUT2D eigenvalue weighted by atomic mass is 10.1. The van der Waals surface area contributed by atoms with E-state index in [9.17, 15) is 14.9 Å². The Labute approximate surface area is 119 Å². The van der Waals surface area contributed by atoms with Crippen molar-refractivity contribution in [1.82, 2.24) is 0 Å². The number of nitro groups is 1. The fraction of sp³-hybridized carbons (Fsp3) is 0.0714. The zero-order chi connectivity index (χ0) is 14.5. The van der Waals surface area contributed by atoms with Gasteiger partial charge in [-0.2, -0.15) is 0 Å². The molecule has 0 amide bonds. The van der Waals surface area contributed by atoms with E-state index < -0.39 is 10.9 Å². The summed E-state index contributed by atoms with van der Waals surface area (Å²) >= 11 is 1.32. The first-order valence-corrected chi connectivity index (χ1v) is 6.60. The lowest BCUT2D eigenvalue weighted by Crippen LogP contribution is -2.01. The quantitative estimate of drug-likeness (QED) is 0.674. The van der Waals surface area contributed by atoms with Gasteiger partial charge in [-0.15, -0.1) is 0 Å². The van der Waals surface area contributed by atoms with Crippen molar-refractivity contribution in [3.05, 3.63) is 64.2 Å². The van der Waals surface area contributed by atoms with Gasteiger partial charge in [-0.25, -0.2) is 0 Å². The Hall–Kier alpha value is -2.34. The molecule has 2 rings (SSSR count). The SMILES string of the molecule is O=C(O)Cc1ccccc1Sc1cccc([N+](=O)[O-])c1. The highest BCUT2D eigenvalue weighted by molar-refractivity contribution is 7.99. The highest BCUT2D eigenvalue weighted by Crippen LogP contribution is 2.32. The minimum absolute atomic E-state index is 0.0192. The van der Waals surface area contributed by atoms with Crippen molar-refractivity contribution < 1.29 is 14.8 Å². The van der Waals surface area contributed by atoms with Crippen molar-refractivity contribution in [3.8, 4) is 0 Å². The summed E-state index contributed by atoms with van der Waals surface area (Å²) in [6, 6.07) is 13.4. The van der Waals surface area contributed by atoms with Crippen LogP contribution in [0.1, 0.15) is 5.56 Å². The molecule has 0 unspecified atom stereocenters. The minimum Gasteiger partial charge on any atom is -0.481 e. The largest absolute Gasteiger partial charge is 0.481 e. The Bertz CT molecular complexity index is 657. The maximum absolute atomic E-state index is 10.8. The van der Waals surface area contributed by atoms with Crippen LogP contribution >= 0.6 is 11.8 Å². The second-order valence-corrected chi connectivity index (χ2v) is 5.15. The number of carbonyl (C=O) groups is 1. The van der Waals surface area contributed by atoms with Crippen LogP contribution in [0.15, 0.2) is 58.3 Å². The van der Waals surface area contributed by atoms with Crippen LogP contribution in [0.4, 0.5) is 5.69 Å². The molecule has 6 heteroatoms. The van der Waals surface area contributed by atoms with Crippen LogP contribution in [0.25, 0.3) is 0 Å². The normalized spacial score (nSPS) is 10.2. The highest BCUT2D eigenvalue weighted by atomic mass is 32.2. The molecule has 0 spiro atoms. The summed E-state index contributed by atoms with van der Waals surface area (Å²) in [6.45, 7) is 0. The molecule has 2 aromatic rings. The number of rotatable bonds is 5. The van der Waals surface area contributed by atoms with Gasteiger partial charge in [0.1, 0.15) is 0 Å². The molecular weight excluding hydrogens is 278 g/mol. The summed E-state index contributed by atoms with van der Waals surface area (Å²) in [4.78, 5) is 22.6. The molecule has 1 N–H and O–H groups in total. The van der Waals surface area contributed by atoms with E-state index in [4.69, 9.17) is 5.11 Å². The van der Waals surface area contributed by atoms with Crippen molar-refractivity contribution in [2.24, 2.45) is 0 Å². The predicted molar refractivity (Wildman–Crippen MR) is 75.0 cm³/mol. The average molecular weight is 289 g/mol. The molecule has 0 saturated heterocycles. The van der Waals surface area contributed by atoms with Gasteiger partial charge < -0.3 is 5.11 Å². The van der Waals surface area contributed by atoms with Crippen LogP contribution in [0, 0.1) is 10.1 Å². The maximum atomic E-state index is 10.8. The molecule has 5 nitrogen and oxygen atoms in total. The first kappa shape index (κ1) is 14.1. The van der Waals surface area contributed by atoms with Crippen LogP contribution in [-0.4, -0.2) is 16.0 Å². The van der Waals surface area contributed by atoms with Gasteiger partial charge in [-0.1, -0.05) is 36.0 Å². The summed E-state index contributed by atoms with van der Waals surface area (Å²) in [5.41, 5.74) is 0.710. The number of carboxylic acid groups (broad SMARTS) is 1. The van der Waals surface area contributed by atoms with Gasteiger partial charge in [0.05, 0.1) is 11.3 Å². The number of non-ortho nitro benzene ring substituents is 1. The molecule has 0 fully saturated rings. The molecular formula is C14H11NO4S. The van der Waals surface area contributed by atoms with Crippen molar-refractivity contribution in [1.29, 1.82) is 0 Å². The average Bonchev–Trinajstić information content (AvgIpc) is 2.41. The third kappa shape index (κ3) is 3.58. The van der Waals surface area contributed by atoms with E-state index >= 15 is 0 Å². The fourth-order valence-electron chi connectivity index (χ4n) is 1.70. The molecule has 0 aromatic heterocycles. The molecule has 0 bridgehead atoms. The Morgan fingerprint density at radius 1 is 1.20 bits per heavy atom. The summed E-state index contributed by atoms with van der Waals surface area (Å²) in [6.07, 6.45) is -0.0713. The monoisotopic (exact) mass is 289 g/mol. The standard InChI is InChI=1S/C14H11NO4S/c16-14(17)8-10-4-1-2-7-13(10)20-12-6-3-5-11(9-12)15(18)19/h1-7,9H,8H2,(H,16,17). The van der Waals surface area contributed by atoms with E-state index in [1.165, 1.54) is 23.9 Å². The lowest BCUT2D eigenvalue weighted by molar-refractivity contribution is -0.385. The molecule has 0 atom stereocenters. The van der Waals surface area contributed by atoms with Gasteiger partial charge in [-0.3, -0.25) is 14.9 Å².